The quantitative estimate of drug-likeness (QED) is 0.840. The number of halogens is 3. The van der Waals surface area contributed by atoms with Crippen LogP contribution in [0.2, 0.25) is 0 Å². The molecule has 18 heavy (non-hydrogen) atoms. The minimum atomic E-state index is -4.13. The van der Waals surface area contributed by atoms with E-state index in [1.807, 2.05) is 0 Å². The average Bonchev–Trinajstić information content (AvgIpc) is 2.33. The van der Waals surface area contributed by atoms with Crippen molar-refractivity contribution in [1.29, 1.82) is 0 Å². The van der Waals surface area contributed by atoms with Crippen molar-refractivity contribution in [3.63, 3.8) is 0 Å². The second-order valence-corrected chi connectivity index (χ2v) is 4.10. The third kappa shape index (κ3) is 3.56. The first kappa shape index (κ1) is 13.1. The Balaban J connectivity index is 1.90. The number of nitrogens with one attached hydrogen (secondary N) is 1. The van der Waals surface area contributed by atoms with Crippen molar-refractivity contribution in [2.24, 2.45) is 0 Å². The van der Waals surface area contributed by atoms with Crippen molar-refractivity contribution in [2.75, 3.05) is 13.2 Å². The summed E-state index contributed by atoms with van der Waals surface area (Å²) >= 11 is 0. The average molecular weight is 261 g/mol. The standard InChI is InChI=1S/C11H14F3N3O/c12-11(13,14)3-1-5-18-10-8-6-15-4-2-9(8)16-7-17-10/h7,15H,1-6H2. The molecule has 1 N–H and O–H groups in total. The molecule has 0 bridgehead atoms. The van der Waals surface area contributed by atoms with Gasteiger partial charge in [0.2, 0.25) is 5.88 Å². The minimum Gasteiger partial charge on any atom is -0.477 e. The lowest BCUT2D eigenvalue weighted by Gasteiger charge is -2.18. The van der Waals surface area contributed by atoms with Gasteiger partial charge in [0.15, 0.2) is 0 Å². The van der Waals surface area contributed by atoms with Gasteiger partial charge in [-0.2, -0.15) is 13.2 Å². The highest BCUT2D eigenvalue weighted by Gasteiger charge is 2.26. The maximum Gasteiger partial charge on any atom is 0.389 e. The molecule has 2 heterocycles. The fourth-order valence-corrected chi connectivity index (χ4v) is 1.81. The Bertz CT molecular complexity index is 409. The van der Waals surface area contributed by atoms with Crippen LogP contribution < -0.4 is 10.1 Å². The summed E-state index contributed by atoms with van der Waals surface area (Å²) in [7, 11) is 0. The van der Waals surface area contributed by atoms with Crippen LogP contribution in [0.15, 0.2) is 6.33 Å². The summed E-state index contributed by atoms with van der Waals surface area (Å²) in [5.41, 5.74) is 1.77. The van der Waals surface area contributed by atoms with E-state index in [0.717, 1.165) is 24.2 Å². The van der Waals surface area contributed by atoms with Gasteiger partial charge in [-0.3, -0.25) is 0 Å². The monoisotopic (exact) mass is 261 g/mol. The van der Waals surface area contributed by atoms with Gasteiger partial charge in [0.1, 0.15) is 6.33 Å². The van der Waals surface area contributed by atoms with E-state index in [0.29, 0.717) is 12.4 Å². The van der Waals surface area contributed by atoms with Gasteiger partial charge in [0.25, 0.3) is 0 Å². The van der Waals surface area contributed by atoms with E-state index in [2.05, 4.69) is 15.3 Å². The van der Waals surface area contributed by atoms with Crippen LogP contribution in [0.25, 0.3) is 0 Å². The summed E-state index contributed by atoms with van der Waals surface area (Å²) in [5.74, 6) is 0.398. The molecule has 0 amide bonds. The molecule has 0 atom stereocenters. The van der Waals surface area contributed by atoms with Gasteiger partial charge in [-0.05, 0) is 6.42 Å². The van der Waals surface area contributed by atoms with E-state index in [-0.39, 0.29) is 13.0 Å². The van der Waals surface area contributed by atoms with Crippen LogP contribution in [-0.2, 0) is 13.0 Å². The lowest BCUT2D eigenvalue weighted by molar-refractivity contribution is -0.136. The number of fused-ring (bicyclic) bond motifs is 1. The summed E-state index contributed by atoms with van der Waals surface area (Å²) in [4.78, 5) is 8.11. The normalized spacial score (nSPS) is 15.3. The molecule has 0 saturated carbocycles. The van der Waals surface area contributed by atoms with Crippen molar-refractivity contribution >= 4 is 0 Å². The van der Waals surface area contributed by atoms with Crippen LogP contribution >= 0.6 is 0 Å². The van der Waals surface area contributed by atoms with Crippen LogP contribution in [0.3, 0.4) is 0 Å². The number of hydrogen-bond donors (Lipinski definition) is 1. The Morgan fingerprint density at radius 2 is 2.17 bits per heavy atom. The van der Waals surface area contributed by atoms with E-state index in [1.54, 1.807) is 0 Å². The van der Waals surface area contributed by atoms with Gasteiger partial charge in [0.05, 0.1) is 12.3 Å². The molecule has 1 aliphatic heterocycles. The zero-order valence-corrected chi connectivity index (χ0v) is 9.76. The highest BCUT2D eigenvalue weighted by Crippen LogP contribution is 2.23. The van der Waals surface area contributed by atoms with Crippen molar-refractivity contribution in [2.45, 2.75) is 32.0 Å². The molecular formula is C11H14F3N3O. The third-order valence-corrected chi connectivity index (χ3v) is 2.68. The van der Waals surface area contributed by atoms with Crippen molar-refractivity contribution < 1.29 is 17.9 Å². The Morgan fingerprint density at radius 3 is 2.94 bits per heavy atom. The van der Waals surface area contributed by atoms with Crippen LogP contribution in [0.5, 0.6) is 5.88 Å². The number of aromatic nitrogens is 2. The summed E-state index contributed by atoms with van der Waals surface area (Å²) in [5, 5.41) is 3.16. The lowest BCUT2D eigenvalue weighted by atomic mass is 10.1. The molecule has 4 nitrogen and oxygen atoms in total. The molecule has 0 aliphatic carbocycles. The number of nitrogens with zero attached hydrogens (tertiary/aromatic N) is 2. The number of rotatable bonds is 4. The maximum atomic E-state index is 12.0. The van der Waals surface area contributed by atoms with E-state index in [9.17, 15) is 13.2 Å². The van der Waals surface area contributed by atoms with Gasteiger partial charge < -0.3 is 10.1 Å². The highest BCUT2D eigenvalue weighted by atomic mass is 19.4. The Hall–Kier alpha value is -1.37. The predicted molar refractivity (Wildman–Crippen MR) is 58.2 cm³/mol. The zero-order valence-electron chi connectivity index (χ0n) is 9.76. The molecule has 0 aromatic carbocycles. The fraction of sp³-hybridized carbons (Fsp3) is 0.636. The number of ether oxygens (including phenoxy) is 1. The molecule has 0 saturated heterocycles. The lowest BCUT2D eigenvalue weighted by Crippen LogP contribution is -2.25. The van der Waals surface area contributed by atoms with E-state index in [4.69, 9.17) is 4.74 Å². The van der Waals surface area contributed by atoms with Crippen LogP contribution in [0.1, 0.15) is 24.1 Å². The summed E-state index contributed by atoms with van der Waals surface area (Å²) < 4.78 is 41.2. The molecule has 2 rings (SSSR count). The molecule has 0 spiro atoms. The van der Waals surface area contributed by atoms with E-state index in [1.165, 1.54) is 6.33 Å². The second-order valence-electron chi connectivity index (χ2n) is 4.10. The maximum absolute atomic E-state index is 12.0. The minimum absolute atomic E-state index is 0.0168. The van der Waals surface area contributed by atoms with Gasteiger partial charge >= 0.3 is 6.18 Å². The SMILES string of the molecule is FC(F)(F)CCCOc1ncnc2c1CNCC2. The summed E-state index contributed by atoms with van der Waals surface area (Å²) in [6.07, 6.45) is -2.84. The molecule has 7 heteroatoms. The van der Waals surface area contributed by atoms with E-state index >= 15 is 0 Å². The molecule has 1 aromatic heterocycles. The smallest absolute Gasteiger partial charge is 0.389 e. The highest BCUT2D eigenvalue weighted by molar-refractivity contribution is 5.31. The number of alkyl halides is 3. The first-order chi connectivity index (χ1) is 8.56. The number of hydrogen-bond acceptors (Lipinski definition) is 4. The van der Waals surface area contributed by atoms with Gasteiger partial charge in [0, 0.05) is 31.5 Å². The molecular weight excluding hydrogens is 247 g/mol. The topological polar surface area (TPSA) is 47.0 Å². The molecule has 1 aromatic rings. The van der Waals surface area contributed by atoms with Crippen LogP contribution in [-0.4, -0.2) is 29.3 Å². The second kappa shape index (κ2) is 5.51. The first-order valence-electron chi connectivity index (χ1n) is 5.79. The Kier molecular flexibility index (Phi) is 4.00. The van der Waals surface area contributed by atoms with Gasteiger partial charge in [-0.25, -0.2) is 9.97 Å². The largest absolute Gasteiger partial charge is 0.477 e. The molecule has 0 radical (unpaired) electrons. The Morgan fingerprint density at radius 1 is 1.33 bits per heavy atom. The predicted octanol–water partition coefficient (Wildman–Crippen LogP) is 1.84. The van der Waals surface area contributed by atoms with Crippen molar-refractivity contribution in [1.82, 2.24) is 15.3 Å². The molecule has 100 valence electrons. The first-order valence-corrected chi connectivity index (χ1v) is 5.79. The summed E-state index contributed by atoms with van der Waals surface area (Å²) in [6, 6.07) is 0. The van der Waals surface area contributed by atoms with E-state index < -0.39 is 12.6 Å². The van der Waals surface area contributed by atoms with Gasteiger partial charge in [-0.15, -0.1) is 0 Å². The Labute approximate surface area is 103 Å². The van der Waals surface area contributed by atoms with Crippen LogP contribution in [0.4, 0.5) is 13.2 Å². The van der Waals surface area contributed by atoms with Crippen LogP contribution in [0, 0.1) is 0 Å². The zero-order chi connectivity index (χ0) is 13.0. The fourth-order valence-electron chi connectivity index (χ4n) is 1.81. The van der Waals surface area contributed by atoms with Gasteiger partial charge in [-0.1, -0.05) is 0 Å². The molecule has 0 unspecified atom stereocenters. The van der Waals surface area contributed by atoms with Crippen molar-refractivity contribution in [3.8, 4) is 5.88 Å². The summed E-state index contributed by atoms with van der Waals surface area (Å²) in [6.45, 7) is 1.46. The molecule has 1 aliphatic rings. The van der Waals surface area contributed by atoms with Crippen molar-refractivity contribution in [3.05, 3.63) is 17.6 Å². The molecule has 0 fully saturated rings. The third-order valence-electron chi connectivity index (χ3n) is 2.68.